The molecule has 1 aromatic carbocycles. The number of nitrogens with zero attached hydrogens (tertiary/aromatic N) is 2. The Bertz CT molecular complexity index is 749. The van der Waals surface area contributed by atoms with Gasteiger partial charge in [-0.05, 0) is 37.2 Å². The number of carbonyl (C=O) groups excluding carboxylic acids is 1. The Labute approximate surface area is 142 Å². The normalized spacial score (nSPS) is 10.5. The van der Waals surface area contributed by atoms with Crippen LogP contribution in [0.25, 0.3) is 0 Å². The van der Waals surface area contributed by atoms with Gasteiger partial charge in [0.05, 0.1) is 11.6 Å². The number of rotatable bonds is 5. The lowest BCUT2D eigenvalue weighted by atomic mass is 10.2. The number of amidine groups is 1. The first-order valence-electron chi connectivity index (χ1n) is 7.03. The fourth-order valence-corrected chi connectivity index (χ4v) is 1.95. The number of benzene rings is 1. The van der Waals surface area contributed by atoms with E-state index < -0.39 is 5.82 Å². The van der Waals surface area contributed by atoms with Crippen molar-refractivity contribution in [3.63, 3.8) is 0 Å². The lowest BCUT2D eigenvalue weighted by molar-refractivity contribution is 0.237. The van der Waals surface area contributed by atoms with Crippen LogP contribution in [0.1, 0.15) is 25.2 Å². The van der Waals surface area contributed by atoms with Gasteiger partial charge in [-0.25, -0.2) is 13.8 Å². The number of amides is 2. The van der Waals surface area contributed by atoms with Gasteiger partial charge in [-0.2, -0.15) is 0 Å². The second kappa shape index (κ2) is 7.73. The average Bonchev–Trinajstić information content (AvgIpc) is 2.97. The van der Waals surface area contributed by atoms with Crippen LogP contribution in [-0.2, 0) is 6.54 Å². The molecule has 1 heterocycles. The molecule has 0 atom stereocenters. The number of nitrogens with one attached hydrogen (secondary N) is 4. The summed E-state index contributed by atoms with van der Waals surface area (Å²) in [5.74, 6) is -0.683. The van der Waals surface area contributed by atoms with E-state index in [0.717, 1.165) is 0 Å². The van der Waals surface area contributed by atoms with Crippen molar-refractivity contribution in [2.45, 2.75) is 26.4 Å². The van der Waals surface area contributed by atoms with Crippen LogP contribution >= 0.6 is 11.6 Å². The third-order valence-electron chi connectivity index (χ3n) is 2.82. The molecule has 24 heavy (non-hydrogen) atoms. The maximum absolute atomic E-state index is 13.1. The molecule has 0 aliphatic carbocycles. The average molecular weight is 355 g/mol. The van der Waals surface area contributed by atoms with Gasteiger partial charge < -0.3 is 16.0 Å². The summed E-state index contributed by atoms with van der Waals surface area (Å²) < 4.78 is 17.8. The zero-order valence-electron chi connectivity index (χ0n) is 13.0. The van der Waals surface area contributed by atoms with Crippen LogP contribution in [0, 0.1) is 11.2 Å². The van der Waals surface area contributed by atoms with Crippen molar-refractivity contribution < 1.29 is 13.8 Å². The summed E-state index contributed by atoms with van der Waals surface area (Å²) in [7, 11) is 0. The first-order chi connectivity index (χ1) is 11.4. The first kappa shape index (κ1) is 17.7. The molecule has 2 amide bonds. The fraction of sp³-hybridized carbons (Fsp3) is 0.286. The van der Waals surface area contributed by atoms with E-state index in [0.29, 0.717) is 5.69 Å². The molecular weight excluding hydrogens is 339 g/mol. The van der Waals surface area contributed by atoms with E-state index in [9.17, 15) is 9.18 Å². The minimum absolute atomic E-state index is 0.0110. The van der Waals surface area contributed by atoms with Crippen molar-refractivity contribution in [1.29, 1.82) is 5.41 Å². The predicted molar refractivity (Wildman–Crippen MR) is 86.7 cm³/mol. The highest BCUT2D eigenvalue weighted by atomic mass is 35.5. The molecular formula is C14H16ClFN6O2. The van der Waals surface area contributed by atoms with Crippen LogP contribution < -0.4 is 16.0 Å². The van der Waals surface area contributed by atoms with Crippen LogP contribution in [0.15, 0.2) is 22.8 Å². The second-order valence-corrected chi connectivity index (χ2v) is 5.58. The summed E-state index contributed by atoms with van der Waals surface area (Å²) >= 11 is 5.69. The molecule has 2 aromatic rings. The van der Waals surface area contributed by atoms with Crippen molar-refractivity contribution in [2.75, 3.05) is 5.32 Å². The molecule has 0 saturated carbocycles. The molecule has 0 spiro atoms. The number of hydrogen-bond donors (Lipinski definition) is 4. The van der Waals surface area contributed by atoms with Crippen LogP contribution in [0.2, 0.25) is 5.02 Å². The Morgan fingerprint density at radius 3 is 2.83 bits per heavy atom. The van der Waals surface area contributed by atoms with E-state index in [-0.39, 0.29) is 40.9 Å². The molecule has 0 bridgehead atoms. The fourth-order valence-electron chi connectivity index (χ4n) is 1.77. The van der Waals surface area contributed by atoms with Gasteiger partial charge in [0, 0.05) is 11.7 Å². The lowest BCUT2D eigenvalue weighted by Crippen LogP contribution is -2.39. The summed E-state index contributed by atoms with van der Waals surface area (Å²) in [4.78, 5) is 11.6. The molecule has 1 aromatic heterocycles. The van der Waals surface area contributed by atoms with E-state index in [2.05, 4.69) is 30.9 Å². The van der Waals surface area contributed by atoms with Crippen molar-refractivity contribution in [2.24, 2.45) is 0 Å². The van der Waals surface area contributed by atoms with E-state index in [1.54, 1.807) is 0 Å². The Balaban J connectivity index is 2.01. The summed E-state index contributed by atoms with van der Waals surface area (Å²) in [5.41, 5.74) is 0.811. The monoisotopic (exact) mass is 354 g/mol. The summed E-state index contributed by atoms with van der Waals surface area (Å²) in [6.45, 7) is 3.69. The predicted octanol–water partition coefficient (Wildman–Crippen LogP) is 2.51. The molecule has 0 fully saturated rings. The van der Waals surface area contributed by atoms with Crippen LogP contribution in [-0.4, -0.2) is 28.2 Å². The van der Waals surface area contributed by atoms with E-state index in [1.165, 1.54) is 18.2 Å². The largest absolute Gasteiger partial charge is 0.339 e. The number of aromatic nitrogens is 2. The van der Waals surface area contributed by atoms with Gasteiger partial charge in [-0.1, -0.05) is 16.8 Å². The van der Waals surface area contributed by atoms with Gasteiger partial charge in [-0.15, -0.1) is 0 Å². The van der Waals surface area contributed by atoms with Crippen molar-refractivity contribution in [3.8, 4) is 0 Å². The molecule has 8 nitrogen and oxygen atoms in total. The smallest absolute Gasteiger partial charge is 0.315 e. The van der Waals surface area contributed by atoms with Crippen LogP contribution in [0.3, 0.4) is 0 Å². The number of carbonyl (C=O) groups is 1. The zero-order valence-corrected chi connectivity index (χ0v) is 13.7. The number of anilines is 1. The van der Waals surface area contributed by atoms with Gasteiger partial charge >= 0.3 is 6.03 Å². The molecule has 0 unspecified atom stereocenters. The quantitative estimate of drug-likeness (QED) is 0.486. The third-order valence-corrected chi connectivity index (χ3v) is 3.11. The second-order valence-electron chi connectivity index (χ2n) is 5.17. The molecule has 10 heteroatoms. The van der Waals surface area contributed by atoms with Gasteiger partial charge in [0.1, 0.15) is 11.5 Å². The molecule has 0 aliphatic rings. The SMILES string of the molecule is CC(C)NC(=O)NCc1nonc1C(=N)Nc1ccc(F)c(Cl)c1. The maximum atomic E-state index is 13.1. The number of hydrogen-bond acceptors (Lipinski definition) is 5. The lowest BCUT2D eigenvalue weighted by Gasteiger charge is -2.10. The Morgan fingerprint density at radius 1 is 1.42 bits per heavy atom. The topological polar surface area (TPSA) is 116 Å². The molecule has 0 saturated heterocycles. The maximum Gasteiger partial charge on any atom is 0.315 e. The molecule has 128 valence electrons. The van der Waals surface area contributed by atoms with E-state index in [4.69, 9.17) is 17.0 Å². The molecule has 0 aliphatic heterocycles. The summed E-state index contributed by atoms with van der Waals surface area (Å²) in [6, 6.07) is 3.56. The van der Waals surface area contributed by atoms with Gasteiger partial charge in [-0.3, -0.25) is 5.41 Å². The van der Waals surface area contributed by atoms with Gasteiger partial charge in [0.25, 0.3) is 0 Å². The van der Waals surface area contributed by atoms with E-state index >= 15 is 0 Å². The highest BCUT2D eigenvalue weighted by Crippen LogP contribution is 2.20. The summed E-state index contributed by atoms with van der Waals surface area (Å²) in [6.07, 6.45) is 0. The highest BCUT2D eigenvalue weighted by Gasteiger charge is 2.16. The van der Waals surface area contributed by atoms with Crippen molar-refractivity contribution >= 4 is 29.2 Å². The van der Waals surface area contributed by atoms with E-state index in [1.807, 2.05) is 13.8 Å². The van der Waals surface area contributed by atoms with Crippen LogP contribution in [0.4, 0.5) is 14.9 Å². The molecule has 4 N–H and O–H groups in total. The number of urea groups is 1. The standard InChI is InChI=1S/C14H16ClFN6O2/c1-7(2)19-14(23)18-6-11-12(22-24-21-11)13(17)20-8-3-4-10(16)9(15)5-8/h3-5,7H,6H2,1-2H3,(H2,17,20)(H2,18,19,23). The van der Waals surface area contributed by atoms with Crippen molar-refractivity contribution in [1.82, 2.24) is 20.9 Å². The Hall–Kier alpha value is -2.68. The minimum Gasteiger partial charge on any atom is -0.339 e. The third kappa shape index (κ3) is 4.66. The number of halogens is 2. The van der Waals surface area contributed by atoms with Crippen molar-refractivity contribution in [3.05, 3.63) is 40.4 Å². The van der Waals surface area contributed by atoms with Gasteiger partial charge in [0.2, 0.25) is 0 Å². The Morgan fingerprint density at radius 2 is 2.17 bits per heavy atom. The summed E-state index contributed by atoms with van der Waals surface area (Å²) in [5, 5.41) is 23.2. The zero-order chi connectivity index (χ0) is 17.7. The minimum atomic E-state index is -0.557. The first-order valence-corrected chi connectivity index (χ1v) is 7.41. The molecule has 0 radical (unpaired) electrons. The van der Waals surface area contributed by atoms with Gasteiger partial charge in [0.15, 0.2) is 11.5 Å². The van der Waals surface area contributed by atoms with Crippen LogP contribution in [0.5, 0.6) is 0 Å². The Kier molecular flexibility index (Phi) is 5.69. The highest BCUT2D eigenvalue weighted by molar-refractivity contribution is 6.31. The molecule has 2 rings (SSSR count).